The van der Waals surface area contributed by atoms with Crippen molar-refractivity contribution in [1.82, 2.24) is 20.0 Å². The largest absolute Gasteiger partial charge is 0.378 e. The van der Waals surface area contributed by atoms with Gasteiger partial charge >= 0.3 is 0 Å². The molecule has 27 heavy (non-hydrogen) atoms. The molecule has 1 aliphatic carbocycles. The maximum Gasteiger partial charge on any atom is 0.114 e. The lowest BCUT2D eigenvalue weighted by Crippen LogP contribution is -2.24. The van der Waals surface area contributed by atoms with Crippen molar-refractivity contribution in [2.45, 2.75) is 46.6 Å². The molecule has 0 unspecified atom stereocenters. The van der Waals surface area contributed by atoms with Crippen LogP contribution in [0.5, 0.6) is 0 Å². The zero-order valence-corrected chi connectivity index (χ0v) is 17.0. The number of aromatic amines is 1. The highest BCUT2D eigenvalue weighted by atomic mass is 15.3. The number of H-pyrrole nitrogens is 1. The van der Waals surface area contributed by atoms with Gasteiger partial charge in [0, 0.05) is 43.1 Å². The van der Waals surface area contributed by atoms with Gasteiger partial charge in [-0.1, -0.05) is 26.0 Å². The number of hydrogen-bond donors (Lipinski definition) is 1. The SMILES string of the molecule is CCn1nc(-c2cc(-c3ccc(N(C)C)cc3)n[nH]2)c2c1CC(C)(C)CC2. The summed E-state index contributed by atoms with van der Waals surface area (Å²) in [4.78, 5) is 2.10. The predicted octanol–water partition coefficient (Wildman–Crippen LogP) is 4.54. The Labute approximate surface area is 161 Å². The van der Waals surface area contributed by atoms with Gasteiger partial charge in [0.15, 0.2) is 0 Å². The molecule has 4 rings (SSSR count). The van der Waals surface area contributed by atoms with Crippen molar-refractivity contribution in [1.29, 1.82) is 0 Å². The zero-order valence-electron chi connectivity index (χ0n) is 17.0. The number of benzene rings is 1. The van der Waals surface area contributed by atoms with Gasteiger partial charge in [0.2, 0.25) is 0 Å². The number of hydrogen-bond acceptors (Lipinski definition) is 3. The minimum absolute atomic E-state index is 0.352. The van der Waals surface area contributed by atoms with Gasteiger partial charge in [-0.2, -0.15) is 10.2 Å². The van der Waals surface area contributed by atoms with Crippen LogP contribution in [0.3, 0.4) is 0 Å². The van der Waals surface area contributed by atoms with Gasteiger partial charge in [-0.05, 0) is 49.8 Å². The summed E-state index contributed by atoms with van der Waals surface area (Å²) in [5.41, 5.74) is 8.51. The third-order valence-corrected chi connectivity index (χ3v) is 5.68. The summed E-state index contributed by atoms with van der Waals surface area (Å²) in [7, 11) is 4.10. The first kappa shape index (κ1) is 17.8. The molecule has 142 valence electrons. The average Bonchev–Trinajstić information content (AvgIpc) is 3.25. The summed E-state index contributed by atoms with van der Waals surface area (Å²) in [6.07, 6.45) is 3.38. The Bertz CT molecular complexity index is 944. The van der Waals surface area contributed by atoms with Crippen LogP contribution in [0.1, 0.15) is 38.4 Å². The summed E-state index contributed by atoms with van der Waals surface area (Å²) in [6, 6.07) is 10.6. The first-order chi connectivity index (χ1) is 12.9. The lowest BCUT2D eigenvalue weighted by molar-refractivity contribution is 0.305. The van der Waals surface area contributed by atoms with E-state index in [0.29, 0.717) is 5.41 Å². The van der Waals surface area contributed by atoms with Crippen LogP contribution in [0.15, 0.2) is 30.3 Å². The first-order valence-electron chi connectivity index (χ1n) is 9.80. The lowest BCUT2D eigenvalue weighted by Gasteiger charge is -2.30. The molecule has 0 saturated heterocycles. The average molecular weight is 364 g/mol. The number of nitrogens with one attached hydrogen (secondary N) is 1. The Balaban J connectivity index is 1.69. The number of aryl methyl sites for hydroxylation is 1. The smallest absolute Gasteiger partial charge is 0.114 e. The molecular weight excluding hydrogens is 334 g/mol. The highest BCUT2D eigenvalue weighted by molar-refractivity contribution is 5.70. The van der Waals surface area contributed by atoms with Crippen molar-refractivity contribution in [3.05, 3.63) is 41.6 Å². The molecule has 0 spiro atoms. The molecular formula is C22H29N5. The maximum atomic E-state index is 4.93. The number of nitrogens with zero attached hydrogens (tertiary/aromatic N) is 4. The van der Waals surface area contributed by atoms with Crippen LogP contribution in [-0.2, 0) is 19.4 Å². The Hall–Kier alpha value is -2.56. The second-order valence-electron chi connectivity index (χ2n) is 8.54. The van der Waals surface area contributed by atoms with Gasteiger partial charge < -0.3 is 4.90 Å². The molecule has 0 amide bonds. The van der Waals surface area contributed by atoms with E-state index in [4.69, 9.17) is 5.10 Å². The molecule has 0 saturated carbocycles. The fourth-order valence-electron chi connectivity index (χ4n) is 4.00. The van der Waals surface area contributed by atoms with Crippen LogP contribution in [-0.4, -0.2) is 34.1 Å². The number of aromatic nitrogens is 4. The van der Waals surface area contributed by atoms with Crippen LogP contribution in [0.4, 0.5) is 5.69 Å². The highest BCUT2D eigenvalue weighted by Gasteiger charge is 2.31. The Morgan fingerprint density at radius 2 is 1.93 bits per heavy atom. The molecule has 2 aromatic heterocycles. The van der Waals surface area contributed by atoms with E-state index in [1.165, 1.54) is 23.4 Å². The maximum absolute atomic E-state index is 4.93. The molecule has 3 aromatic rings. The molecule has 0 aliphatic heterocycles. The van der Waals surface area contributed by atoms with Crippen molar-refractivity contribution in [2.24, 2.45) is 5.41 Å². The van der Waals surface area contributed by atoms with Gasteiger partial charge in [-0.3, -0.25) is 9.78 Å². The van der Waals surface area contributed by atoms with Crippen molar-refractivity contribution in [2.75, 3.05) is 19.0 Å². The normalized spacial score (nSPS) is 15.6. The van der Waals surface area contributed by atoms with Crippen LogP contribution >= 0.6 is 0 Å². The fraction of sp³-hybridized carbons (Fsp3) is 0.455. The quantitative estimate of drug-likeness (QED) is 0.740. The third kappa shape index (κ3) is 3.27. The molecule has 5 nitrogen and oxygen atoms in total. The van der Waals surface area contributed by atoms with Gasteiger partial charge in [-0.25, -0.2) is 0 Å². The lowest BCUT2D eigenvalue weighted by atomic mass is 9.76. The molecule has 0 radical (unpaired) electrons. The summed E-state index contributed by atoms with van der Waals surface area (Å²) in [5.74, 6) is 0. The second-order valence-corrected chi connectivity index (χ2v) is 8.54. The fourth-order valence-corrected chi connectivity index (χ4v) is 4.00. The zero-order chi connectivity index (χ0) is 19.2. The molecule has 5 heteroatoms. The third-order valence-electron chi connectivity index (χ3n) is 5.68. The predicted molar refractivity (Wildman–Crippen MR) is 111 cm³/mol. The molecule has 1 aromatic carbocycles. The van der Waals surface area contributed by atoms with Crippen LogP contribution in [0.2, 0.25) is 0 Å². The van der Waals surface area contributed by atoms with Gasteiger partial charge in [-0.15, -0.1) is 0 Å². The van der Waals surface area contributed by atoms with Gasteiger partial charge in [0.05, 0.1) is 11.4 Å². The minimum Gasteiger partial charge on any atom is -0.378 e. The minimum atomic E-state index is 0.352. The van der Waals surface area contributed by atoms with Crippen LogP contribution in [0.25, 0.3) is 22.6 Å². The number of rotatable bonds is 4. The Kier molecular flexibility index (Phi) is 4.33. The molecule has 0 bridgehead atoms. The van der Waals surface area contributed by atoms with Crippen molar-refractivity contribution >= 4 is 5.69 Å². The summed E-state index contributed by atoms with van der Waals surface area (Å²) in [5, 5.41) is 12.7. The van der Waals surface area contributed by atoms with E-state index < -0.39 is 0 Å². The molecule has 0 atom stereocenters. The van der Waals surface area contributed by atoms with E-state index in [-0.39, 0.29) is 0 Å². The van der Waals surface area contributed by atoms with E-state index in [9.17, 15) is 0 Å². The van der Waals surface area contributed by atoms with E-state index in [1.807, 2.05) is 0 Å². The molecule has 1 aliphatic rings. The standard InChI is InChI=1S/C22H29N5/c1-6-27-20-14-22(2,3)12-11-17(20)21(25-27)19-13-18(23-24-19)15-7-9-16(10-8-15)26(4)5/h7-10,13H,6,11-12,14H2,1-5H3,(H,23,24). The molecule has 1 N–H and O–H groups in total. The van der Waals surface area contributed by atoms with Crippen LogP contribution < -0.4 is 4.90 Å². The summed E-state index contributed by atoms with van der Waals surface area (Å²) >= 11 is 0. The van der Waals surface area contributed by atoms with Gasteiger partial charge in [0.1, 0.15) is 5.69 Å². The van der Waals surface area contributed by atoms with E-state index >= 15 is 0 Å². The monoisotopic (exact) mass is 363 g/mol. The Morgan fingerprint density at radius 1 is 1.19 bits per heavy atom. The molecule has 0 fully saturated rings. The topological polar surface area (TPSA) is 49.7 Å². The van der Waals surface area contributed by atoms with Crippen molar-refractivity contribution < 1.29 is 0 Å². The summed E-state index contributed by atoms with van der Waals surface area (Å²) in [6.45, 7) is 7.79. The van der Waals surface area contributed by atoms with Crippen molar-refractivity contribution in [3.63, 3.8) is 0 Å². The number of fused-ring (bicyclic) bond motifs is 1. The van der Waals surface area contributed by atoms with Gasteiger partial charge in [0.25, 0.3) is 0 Å². The van der Waals surface area contributed by atoms with E-state index in [1.54, 1.807) is 0 Å². The Morgan fingerprint density at radius 3 is 2.59 bits per heavy atom. The molecule has 2 heterocycles. The second kappa shape index (κ2) is 6.55. The first-order valence-corrected chi connectivity index (χ1v) is 9.80. The van der Waals surface area contributed by atoms with Crippen molar-refractivity contribution in [3.8, 4) is 22.6 Å². The number of anilines is 1. The highest BCUT2D eigenvalue weighted by Crippen LogP contribution is 2.39. The van der Waals surface area contributed by atoms with E-state index in [0.717, 1.165) is 42.0 Å². The van der Waals surface area contributed by atoms with E-state index in [2.05, 4.69) is 85.0 Å². The van der Waals surface area contributed by atoms with Crippen LogP contribution in [0, 0.1) is 5.41 Å². The summed E-state index contributed by atoms with van der Waals surface area (Å²) < 4.78 is 2.18.